The van der Waals surface area contributed by atoms with Crippen molar-refractivity contribution in [1.29, 1.82) is 0 Å². The van der Waals surface area contributed by atoms with Crippen LogP contribution in [0, 0.1) is 5.92 Å². The average Bonchev–Trinajstić information content (AvgIpc) is 3.15. The van der Waals surface area contributed by atoms with Crippen LogP contribution in [0.25, 0.3) is 5.82 Å². The number of imidazole rings is 1. The monoisotopic (exact) mass is 464 g/mol. The fourth-order valence-electron chi connectivity index (χ4n) is 3.42. The van der Waals surface area contributed by atoms with Crippen molar-refractivity contribution < 1.29 is 19.4 Å². The normalized spacial score (nSPS) is 20.9. The fraction of sp³-hybridized carbons (Fsp3) is 0.500. The van der Waals surface area contributed by atoms with Gasteiger partial charge in [0.1, 0.15) is 23.2 Å². The maximum atomic E-state index is 12.0. The average molecular weight is 465 g/mol. The maximum absolute atomic E-state index is 12.0. The number of carbonyl (C=O) groups excluding carboxylic acids is 1. The lowest BCUT2D eigenvalue weighted by molar-refractivity contribution is -0.140. The molecule has 29 heavy (non-hydrogen) atoms. The van der Waals surface area contributed by atoms with Crippen LogP contribution < -0.4 is 5.32 Å². The molecule has 1 amide bonds. The zero-order valence-corrected chi connectivity index (χ0v) is 18.3. The van der Waals surface area contributed by atoms with Crippen molar-refractivity contribution in [3.63, 3.8) is 0 Å². The van der Waals surface area contributed by atoms with Crippen LogP contribution in [0.15, 0.2) is 35.3 Å². The highest BCUT2D eigenvalue weighted by atomic mass is 79.9. The third-order valence-corrected chi connectivity index (χ3v) is 5.37. The lowest BCUT2D eigenvalue weighted by Crippen LogP contribution is -2.33. The zero-order chi connectivity index (χ0) is 21.2. The van der Waals surface area contributed by atoms with E-state index in [4.69, 9.17) is 4.74 Å². The van der Waals surface area contributed by atoms with Crippen molar-refractivity contribution in [2.24, 2.45) is 5.92 Å². The van der Waals surface area contributed by atoms with E-state index in [-0.39, 0.29) is 5.92 Å². The SMILES string of the molecule is CC(C)(C)OC(=O)NCCCC1CC1(C(=O)O)c1cn(-c2ccc(Br)cn2)cn1. The summed E-state index contributed by atoms with van der Waals surface area (Å²) in [6.45, 7) is 5.86. The van der Waals surface area contributed by atoms with E-state index in [0.29, 0.717) is 37.3 Å². The maximum Gasteiger partial charge on any atom is 0.407 e. The molecule has 156 valence electrons. The van der Waals surface area contributed by atoms with Gasteiger partial charge < -0.3 is 15.2 Å². The van der Waals surface area contributed by atoms with E-state index in [0.717, 1.165) is 4.47 Å². The lowest BCUT2D eigenvalue weighted by Gasteiger charge is -2.19. The quantitative estimate of drug-likeness (QED) is 0.605. The minimum absolute atomic E-state index is 0.0123. The molecule has 2 atom stereocenters. The number of aliphatic carboxylic acids is 1. The molecule has 2 unspecified atom stereocenters. The summed E-state index contributed by atoms with van der Waals surface area (Å²) in [7, 11) is 0. The molecule has 1 saturated carbocycles. The highest BCUT2D eigenvalue weighted by Gasteiger charge is 2.62. The first-order valence-corrected chi connectivity index (χ1v) is 10.3. The van der Waals surface area contributed by atoms with E-state index in [1.165, 1.54) is 0 Å². The van der Waals surface area contributed by atoms with Gasteiger partial charge in [0.05, 0.1) is 5.69 Å². The number of halogens is 1. The van der Waals surface area contributed by atoms with Gasteiger partial charge in [0.25, 0.3) is 0 Å². The molecule has 0 bridgehead atoms. The number of carboxylic acids is 1. The Morgan fingerprint density at radius 1 is 1.38 bits per heavy atom. The molecule has 2 aromatic rings. The number of hydrogen-bond donors (Lipinski definition) is 2. The highest BCUT2D eigenvalue weighted by molar-refractivity contribution is 9.10. The van der Waals surface area contributed by atoms with Gasteiger partial charge in [-0.15, -0.1) is 0 Å². The fourth-order valence-corrected chi connectivity index (χ4v) is 3.65. The Balaban J connectivity index is 1.58. The summed E-state index contributed by atoms with van der Waals surface area (Å²) in [6.07, 6.45) is 6.45. The summed E-state index contributed by atoms with van der Waals surface area (Å²) in [5.74, 6) is -0.204. The number of ether oxygens (including phenoxy) is 1. The van der Waals surface area contributed by atoms with Crippen LogP contribution in [-0.4, -0.2) is 43.8 Å². The molecule has 0 spiro atoms. The van der Waals surface area contributed by atoms with E-state index in [1.807, 2.05) is 12.1 Å². The van der Waals surface area contributed by atoms with Crippen LogP contribution in [0.3, 0.4) is 0 Å². The van der Waals surface area contributed by atoms with Crippen LogP contribution in [0.4, 0.5) is 4.79 Å². The molecule has 3 rings (SSSR count). The number of rotatable bonds is 7. The topological polar surface area (TPSA) is 106 Å². The van der Waals surface area contributed by atoms with E-state index in [2.05, 4.69) is 31.2 Å². The van der Waals surface area contributed by atoms with Crippen molar-refractivity contribution in [2.75, 3.05) is 6.54 Å². The summed E-state index contributed by atoms with van der Waals surface area (Å²) in [6, 6.07) is 3.70. The molecular formula is C20H25BrN4O4. The number of carbonyl (C=O) groups is 2. The molecule has 1 aliphatic carbocycles. The van der Waals surface area contributed by atoms with Gasteiger partial charge >= 0.3 is 12.1 Å². The van der Waals surface area contributed by atoms with Crippen molar-refractivity contribution in [2.45, 2.75) is 51.0 Å². The second-order valence-corrected chi connectivity index (χ2v) is 9.16. The van der Waals surface area contributed by atoms with Gasteiger partial charge in [-0.05, 0) is 74.0 Å². The molecule has 9 heteroatoms. The lowest BCUT2D eigenvalue weighted by atomic mass is 9.98. The first-order chi connectivity index (χ1) is 13.6. The number of amides is 1. The number of nitrogens with one attached hydrogen (secondary N) is 1. The molecule has 0 saturated heterocycles. The molecular weight excluding hydrogens is 440 g/mol. The summed E-state index contributed by atoms with van der Waals surface area (Å²) in [5, 5.41) is 12.6. The number of pyridine rings is 1. The molecule has 0 radical (unpaired) electrons. The Labute approximate surface area is 177 Å². The van der Waals surface area contributed by atoms with Gasteiger partial charge in [0.15, 0.2) is 0 Å². The third kappa shape index (κ3) is 4.95. The second-order valence-electron chi connectivity index (χ2n) is 8.25. The Hall–Kier alpha value is -2.42. The number of hydrogen-bond acceptors (Lipinski definition) is 5. The zero-order valence-electron chi connectivity index (χ0n) is 16.7. The minimum Gasteiger partial charge on any atom is -0.481 e. The molecule has 1 fully saturated rings. The Bertz CT molecular complexity index is 891. The van der Waals surface area contributed by atoms with Crippen LogP contribution in [0.1, 0.15) is 45.7 Å². The van der Waals surface area contributed by atoms with Gasteiger partial charge in [0, 0.05) is 23.4 Å². The van der Waals surface area contributed by atoms with Gasteiger partial charge in [-0.1, -0.05) is 0 Å². The third-order valence-electron chi connectivity index (χ3n) is 4.90. The smallest absolute Gasteiger partial charge is 0.407 e. The molecule has 8 nitrogen and oxygen atoms in total. The first-order valence-electron chi connectivity index (χ1n) is 9.48. The van der Waals surface area contributed by atoms with Crippen LogP contribution in [0.2, 0.25) is 0 Å². The van der Waals surface area contributed by atoms with Gasteiger partial charge in [0.2, 0.25) is 0 Å². The molecule has 0 aliphatic heterocycles. The van der Waals surface area contributed by atoms with E-state index >= 15 is 0 Å². The predicted molar refractivity (Wildman–Crippen MR) is 110 cm³/mol. The Kier molecular flexibility index (Phi) is 5.97. The number of carboxylic acid groups (broad SMARTS) is 1. The van der Waals surface area contributed by atoms with E-state index in [1.54, 1.807) is 44.1 Å². The van der Waals surface area contributed by atoms with Gasteiger partial charge in [-0.25, -0.2) is 14.8 Å². The largest absolute Gasteiger partial charge is 0.481 e. The van der Waals surface area contributed by atoms with Crippen molar-refractivity contribution in [1.82, 2.24) is 19.9 Å². The number of alkyl carbamates (subject to hydrolysis) is 1. The molecule has 1 aliphatic rings. The highest BCUT2D eigenvalue weighted by Crippen LogP contribution is 2.56. The van der Waals surface area contributed by atoms with Crippen LogP contribution in [0.5, 0.6) is 0 Å². The van der Waals surface area contributed by atoms with E-state index < -0.39 is 23.1 Å². The molecule has 2 heterocycles. The molecule has 2 N–H and O–H groups in total. The summed E-state index contributed by atoms with van der Waals surface area (Å²) in [4.78, 5) is 32.4. The predicted octanol–water partition coefficient (Wildman–Crippen LogP) is 3.68. The first kappa shape index (κ1) is 21.3. The van der Waals surface area contributed by atoms with E-state index in [9.17, 15) is 14.7 Å². The molecule has 0 aromatic carbocycles. The number of nitrogens with zero attached hydrogens (tertiary/aromatic N) is 3. The van der Waals surface area contributed by atoms with Gasteiger partial charge in [-0.2, -0.15) is 0 Å². The van der Waals surface area contributed by atoms with Crippen molar-refractivity contribution >= 4 is 28.0 Å². The number of aromatic nitrogens is 3. The molecule has 2 aromatic heterocycles. The summed E-state index contributed by atoms with van der Waals surface area (Å²) < 4.78 is 7.79. The van der Waals surface area contributed by atoms with Crippen molar-refractivity contribution in [3.8, 4) is 5.82 Å². The van der Waals surface area contributed by atoms with Gasteiger partial charge in [-0.3, -0.25) is 9.36 Å². The minimum atomic E-state index is -0.966. The summed E-state index contributed by atoms with van der Waals surface area (Å²) in [5.41, 5.74) is -0.964. The van der Waals surface area contributed by atoms with Crippen molar-refractivity contribution in [3.05, 3.63) is 41.0 Å². The summed E-state index contributed by atoms with van der Waals surface area (Å²) >= 11 is 3.35. The van der Waals surface area contributed by atoms with Crippen LogP contribution in [-0.2, 0) is 14.9 Å². The Morgan fingerprint density at radius 3 is 2.76 bits per heavy atom. The Morgan fingerprint density at radius 2 is 2.14 bits per heavy atom. The van der Waals surface area contributed by atoms with Crippen LogP contribution >= 0.6 is 15.9 Å². The second kappa shape index (κ2) is 8.14. The standard InChI is InChI=1S/C20H25BrN4O4/c1-19(2,3)29-18(28)22-8-4-5-13-9-20(13,17(26)27)15-11-25(12-24-15)16-7-6-14(21)10-23-16/h6-7,10-13H,4-5,8-9H2,1-3H3,(H,22,28)(H,26,27).